The molecule has 17 heavy (non-hydrogen) atoms. The van der Waals surface area contributed by atoms with Crippen molar-refractivity contribution in [1.82, 2.24) is 9.38 Å². The molecule has 0 fully saturated rings. The van der Waals surface area contributed by atoms with Gasteiger partial charge in [-0.05, 0) is 19.1 Å². The highest BCUT2D eigenvalue weighted by molar-refractivity contribution is 9.10. The largest absolute Gasteiger partial charge is 0.466 e. The van der Waals surface area contributed by atoms with Gasteiger partial charge in [-0.2, -0.15) is 0 Å². The number of anilines is 1. The number of aromatic nitrogens is 2. The molecule has 0 saturated heterocycles. The van der Waals surface area contributed by atoms with Crippen LogP contribution >= 0.6 is 15.9 Å². The van der Waals surface area contributed by atoms with Crippen LogP contribution in [0.15, 0.2) is 22.8 Å². The van der Waals surface area contributed by atoms with Gasteiger partial charge in [-0.15, -0.1) is 0 Å². The Morgan fingerprint density at radius 2 is 2.41 bits per heavy atom. The number of pyridine rings is 1. The molecule has 0 amide bonds. The Balaban J connectivity index is 2.35. The van der Waals surface area contributed by atoms with E-state index in [0.29, 0.717) is 23.8 Å². The number of nitrogens with zero attached hydrogens (tertiary/aromatic N) is 2. The van der Waals surface area contributed by atoms with Crippen molar-refractivity contribution >= 4 is 33.4 Å². The first-order chi connectivity index (χ1) is 8.11. The topological polar surface area (TPSA) is 69.6 Å². The maximum Gasteiger partial charge on any atom is 0.312 e. The highest BCUT2D eigenvalue weighted by Gasteiger charge is 2.13. The van der Waals surface area contributed by atoms with Crippen LogP contribution in [0.4, 0.5) is 5.82 Å². The van der Waals surface area contributed by atoms with Gasteiger partial charge in [0, 0.05) is 10.7 Å². The number of nitrogen functional groups attached to an aromatic ring is 1. The summed E-state index contributed by atoms with van der Waals surface area (Å²) in [4.78, 5) is 15.7. The van der Waals surface area contributed by atoms with E-state index in [2.05, 4.69) is 20.9 Å². The standard InChI is InChI=1S/C11H12BrN3O2/c1-2-17-10(16)6-8-11(13)15-4-3-7(12)5-9(15)14-8/h3-5H,2,6,13H2,1H3. The fourth-order valence-corrected chi connectivity index (χ4v) is 1.89. The Morgan fingerprint density at radius 3 is 3.12 bits per heavy atom. The number of carbonyl (C=O) groups is 1. The van der Waals surface area contributed by atoms with Crippen LogP contribution in [-0.2, 0) is 16.0 Å². The van der Waals surface area contributed by atoms with Gasteiger partial charge in [-0.1, -0.05) is 15.9 Å². The maximum absolute atomic E-state index is 11.4. The highest BCUT2D eigenvalue weighted by atomic mass is 79.9. The number of halogens is 1. The number of esters is 1. The molecule has 0 aliphatic carbocycles. The van der Waals surface area contributed by atoms with E-state index in [1.807, 2.05) is 12.1 Å². The van der Waals surface area contributed by atoms with Crippen LogP contribution in [0.25, 0.3) is 5.65 Å². The number of fused-ring (bicyclic) bond motifs is 1. The fraction of sp³-hybridized carbons (Fsp3) is 0.273. The van der Waals surface area contributed by atoms with E-state index in [9.17, 15) is 4.79 Å². The molecule has 2 aromatic heterocycles. The molecule has 90 valence electrons. The minimum atomic E-state index is -0.318. The van der Waals surface area contributed by atoms with E-state index in [1.165, 1.54) is 0 Å². The van der Waals surface area contributed by atoms with Gasteiger partial charge in [0.15, 0.2) is 0 Å². The number of hydrogen-bond acceptors (Lipinski definition) is 4. The molecule has 0 saturated carbocycles. The smallest absolute Gasteiger partial charge is 0.312 e. The van der Waals surface area contributed by atoms with Crippen LogP contribution in [0, 0.1) is 0 Å². The summed E-state index contributed by atoms with van der Waals surface area (Å²) in [6, 6.07) is 3.70. The predicted molar refractivity (Wildman–Crippen MR) is 67.6 cm³/mol. The van der Waals surface area contributed by atoms with E-state index < -0.39 is 0 Å². The zero-order valence-corrected chi connectivity index (χ0v) is 10.9. The molecule has 5 nitrogen and oxygen atoms in total. The minimum Gasteiger partial charge on any atom is -0.466 e. The van der Waals surface area contributed by atoms with Gasteiger partial charge in [-0.3, -0.25) is 9.20 Å². The van der Waals surface area contributed by atoms with Crippen molar-refractivity contribution < 1.29 is 9.53 Å². The molecular weight excluding hydrogens is 286 g/mol. The third kappa shape index (κ3) is 2.41. The summed E-state index contributed by atoms with van der Waals surface area (Å²) < 4.78 is 7.52. The van der Waals surface area contributed by atoms with Gasteiger partial charge in [-0.25, -0.2) is 4.98 Å². The van der Waals surface area contributed by atoms with Crippen molar-refractivity contribution in [3.63, 3.8) is 0 Å². The summed E-state index contributed by atoms with van der Waals surface area (Å²) in [7, 11) is 0. The summed E-state index contributed by atoms with van der Waals surface area (Å²) in [5.41, 5.74) is 7.16. The quantitative estimate of drug-likeness (QED) is 0.877. The minimum absolute atomic E-state index is 0.0962. The summed E-state index contributed by atoms with van der Waals surface area (Å²) in [5.74, 6) is 0.155. The van der Waals surface area contributed by atoms with E-state index in [1.54, 1.807) is 17.5 Å². The zero-order chi connectivity index (χ0) is 12.4. The number of imidazole rings is 1. The second kappa shape index (κ2) is 4.75. The lowest BCUT2D eigenvalue weighted by Gasteiger charge is -2.00. The predicted octanol–water partition coefficient (Wildman–Crippen LogP) is 1.78. The normalized spacial score (nSPS) is 10.7. The van der Waals surface area contributed by atoms with Crippen LogP contribution in [0.5, 0.6) is 0 Å². The fourth-order valence-electron chi connectivity index (χ4n) is 1.57. The van der Waals surface area contributed by atoms with Gasteiger partial charge in [0.2, 0.25) is 0 Å². The average Bonchev–Trinajstić information content (AvgIpc) is 2.55. The zero-order valence-electron chi connectivity index (χ0n) is 9.31. The SMILES string of the molecule is CCOC(=O)Cc1nc2cc(Br)ccn2c1N. The summed E-state index contributed by atoms with van der Waals surface area (Å²) >= 11 is 3.36. The third-order valence-corrected chi connectivity index (χ3v) is 2.81. The first kappa shape index (κ1) is 11.9. The van der Waals surface area contributed by atoms with Gasteiger partial charge < -0.3 is 10.5 Å². The first-order valence-corrected chi connectivity index (χ1v) is 5.98. The van der Waals surface area contributed by atoms with E-state index >= 15 is 0 Å². The maximum atomic E-state index is 11.4. The van der Waals surface area contributed by atoms with Crippen LogP contribution in [0.2, 0.25) is 0 Å². The van der Waals surface area contributed by atoms with Gasteiger partial charge in [0.1, 0.15) is 11.5 Å². The lowest BCUT2D eigenvalue weighted by Crippen LogP contribution is -2.09. The number of ether oxygens (including phenoxy) is 1. The molecule has 0 spiro atoms. The summed E-state index contributed by atoms with van der Waals surface area (Å²) in [6.45, 7) is 2.12. The monoisotopic (exact) mass is 297 g/mol. The Labute approximate surface area is 107 Å². The molecule has 0 unspecified atom stereocenters. The molecule has 0 bridgehead atoms. The highest BCUT2D eigenvalue weighted by Crippen LogP contribution is 2.19. The van der Waals surface area contributed by atoms with Crippen molar-refractivity contribution in [2.24, 2.45) is 0 Å². The number of nitrogens with two attached hydrogens (primary N) is 1. The summed E-state index contributed by atoms with van der Waals surface area (Å²) in [6.07, 6.45) is 1.90. The van der Waals surface area contributed by atoms with Gasteiger partial charge in [0.05, 0.1) is 18.7 Å². The lowest BCUT2D eigenvalue weighted by atomic mass is 10.3. The molecule has 0 aliphatic rings. The Bertz CT molecular complexity index is 565. The molecule has 2 N–H and O–H groups in total. The van der Waals surface area contributed by atoms with E-state index in [4.69, 9.17) is 10.5 Å². The average molecular weight is 298 g/mol. The molecule has 0 atom stereocenters. The van der Waals surface area contributed by atoms with Crippen LogP contribution in [0.3, 0.4) is 0 Å². The molecule has 0 aliphatic heterocycles. The Hall–Kier alpha value is -1.56. The number of hydrogen-bond donors (Lipinski definition) is 1. The lowest BCUT2D eigenvalue weighted by molar-refractivity contribution is -0.142. The second-order valence-corrected chi connectivity index (χ2v) is 4.41. The summed E-state index contributed by atoms with van der Waals surface area (Å²) in [5, 5.41) is 0. The molecule has 0 aromatic carbocycles. The van der Waals surface area contributed by atoms with Crippen molar-refractivity contribution in [3.05, 3.63) is 28.5 Å². The molecular formula is C11H12BrN3O2. The van der Waals surface area contributed by atoms with E-state index in [0.717, 1.165) is 4.47 Å². The van der Waals surface area contributed by atoms with Crippen LogP contribution < -0.4 is 5.73 Å². The second-order valence-electron chi connectivity index (χ2n) is 3.50. The first-order valence-electron chi connectivity index (χ1n) is 5.19. The van der Waals surface area contributed by atoms with Crippen molar-refractivity contribution in [2.45, 2.75) is 13.3 Å². The van der Waals surface area contributed by atoms with Crippen molar-refractivity contribution in [2.75, 3.05) is 12.3 Å². The molecule has 2 rings (SSSR count). The van der Waals surface area contributed by atoms with E-state index in [-0.39, 0.29) is 12.4 Å². The third-order valence-electron chi connectivity index (χ3n) is 2.32. The van der Waals surface area contributed by atoms with Gasteiger partial charge >= 0.3 is 5.97 Å². The van der Waals surface area contributed by atoms with Crippen molar-refractivity contribution in [1.29, 1.82) is 0 Å². The Kier molecular flexibility index (Phi) is 3.33. The van der Waals surface area contributed by atoms with Crippen LogP contribution in [0.1, 0.15) is 12.6 Å². The number of rotatable bonds is 3. The van der Waals surface area contributed by atoms with Crippen LogP contribution in [-0.4, -0.2) is 22.0 Å². The molecule has 2 heterocycles. The van der Waals surface area contributed by atoms with Crippen molar-refractivity contribution in [3.8, 4) is 0 Å². The number of carbonyl (C=O) groups excluding carboxylic acids is 1. The Morgan fingerprint density at radius 1 is 1.65 bits per heavy atom. The molecule has 0 radical (unpaired) electrons. The van der Waals surface area contributed by atoms with Gasteiger partial charge in [0.25, 0.3) is 0 Å². The molecule has 2 aromatic rings. The molecule has 6 heteroatoms.